The highest BCUT2D eigenvalue weighted by Crippen LogP contribution is 2.26. The molecule has 0 saturated heterocycles. The van der Waals surface area contributed by atoms with Gasteiger partial charge in [0.25, 0.3) is 0 Å². The van der Waals surface area contributed by atoms with Crippen LogP contribution in [-0.2, 0) is 0 Å². The quantitative estimate of drug-likeness (QED) is 0.764. The molecule has 18 heavy (non-hydrogen) atoms. The monoisotopic (exact) mass is 257 g/mol. The second-order valence-electron chi connectivity index (χ2n) is 3.91. The van der Waals surface area contributed by atoms with Crippen LogP contribution in [0.3, 0.4) is 0 Å². The fraction of sp³-hybridized carbons (Fsp3) is 0.0833. The van der Waals surface area contributed by atoms with Gasteiger partial charge in [-0.2, -0.15) is 5.10 Å². The van der Waals surface area contributed by atoms with Gasteiger partial charge in [0.15, 0.2) is 5.82 Å². The van der Waals surface area contributed by atoms with Crippen LogP contribution >= 0.6 is 11.3 Å². The third-order valence-electron chi connectivity index (χ3n) is 2.51. The van der Waals surface area contributed by atoms with Crippen molar-refractivity contribution < 1.29 is 0 Å². The number of aryl methyl sites for hydroxylation is 1. The summed E-state index contributed by atoms with van der Waals surface area (Å²) in [5.41, 5.74) is 8.40. The molecule has 0 radical (unpaired) electrons. The zero-order valence-electron chi connectivity index (χ0n) is 9.74. The third kappa shape index (κ3) is 1.86. The Morgan fingerprint density at radius 2 is 2.17 bits per heavy atom. The van der Waals surface area contributed by atoms with Crippen LogP contribution in [-0.4, -0.2) is 19.7 Å². The number of nitrogen functional groups attached to an aromatic ring is 1. The summed E-state index contributed by atoms with van der Waals surface area (Å²) in [4.78, 5) is 8.49. The molecule has 0 aromatic carbocycles. The molecule has 0 saturated carbocycles. The van der Waals surface area contributed by atoms with Gasteiger partial charge in [0.2, 0.25) is 0 Å². The van der Waals surface area contributed by atoms with Crippen molar-refractivity contribution in [3.05, 3.63) is 41.7 Å². The maximum Gasteiger partial charge on any atom is 0.153 e. The van der Waals surface area contributed by atoms with E-state index in [1.807, 2.05) is 24.4 Å². The normalized spacial score (nSPS) is 10.7. The van der Waals surface area contributed by atoms with E-state index in [2.05, 4.69) is 15.1 Å². The first-order chi connectivity index (χ1) is 8.74. The summed E-state index contributed by atoms with van der Waals surface area (Å²) in [6, 6.07) is 3.90. The molecular weight excluding hydrogens is 246 g/mol. The lowest BCUT2D eigenvalue weighted by Gasteiger charge is -2.00. The Hall–Kier alpha value is -2.21. The molecule has 0 fully saturated rings. The fourth-order valence-corrected chi connectivity index (χ4v) is 2.30. The topological polar surface area (TPSA) is 69.6 Å². The number of pyridine rings is 1. The average Bonchev–Trinajstić information content (AvgIpc) is 2.97. The smallest absolute Gasteiger partial charge is 0.153 e. The van der Waals surface area contributed by atoms with E-state index in [1.165, 1.54) is 11.3 Å². The van der Waals surface area contributed by atoms with Gasteiger partial charge in [-0.3, -0.25) is 0 Å². The third-order valence-corrected chi connectivity index (χ3v) is 3.29. The minimum absolute atomic E-state index is 0.605. The molecule has 0 unspecified atom stereocenters. The fourth-order valence-electron chi connectivity index (χ4n) is 1.66. The Morgan fingerprint density at radius 3 is 2.89 bits per heavy atom. The SMILES string of the molecule is Cc1ccnc(-n2cc(N)c(-c3nccs3)n2)c1. The highest BCUT2D eigenvalue weighted by molar-refractivity contribution is 7.13. The lowest BCUT2D eigenvalue weighted by molar-refractivity contribution is 0.848. The van der Waals surface area contributed by atoms with Crippen LogP contribution in [0.2, 0.25) is 0 Å². The summed E-state index contributed by atoms with van der Waals surface area (Å²) in [6.07, 6.45) is 5.26. The minimum Gasteiger partial charge on any atom is -0.396 e. The molecule has 3 heterocycles. The van der Waals surface area contributed by atoms with Crippen LogP contribution in [0.5, 0.6) is 0 Å². The van der Waals surface area contributed by atoms with Crippen LogP contribution in [0.25, 0.3) is 16.5 Å². The van der Waals surface area contributed by atoms with Gasteiger partial charge in [-0.25, -0.2) is 14.6 Å². The number of rotatable bonds is 2. The number of thiazole rings is 1. The number of aromatic nitrogens is 4. The van der Waals surface area contributed by atoms with Gasteiger partial charge in [-0.15, -0.1) is 11.3 Å². The lowest BCUT2D eigenvalue weighted by Crippen LogP contribution is -1.98. The first-order valence-corrected chi connectivity index (χ1v) is 6.30. The first-order valence-electron chi connectivity index (χ1n) is 5.42. The van der Waals surface area contributed by atoms with Crippen molar-refractivity contribution in [2.75, 3.05) is 5.73 Å². The van der Waals surface area contributed by atoms with Crippen LogP contribution in [0.4, 0.5) is 5.69 Å². The summed E-state index contributed by atoms with van der Waals surface area (Å²) >= 11 is 1.51. The van der Waals surface area contributed by atoms with E-state index in [9.17, 15) is 0 Å². The van der Waals surface area contributed by atoms with Crippen molar-refractivity contribution in [1.82, 2.24) is 19.7 Å². The molecule has 5 nitrogen and oxygen atoms in total. The summed E-state index contributed by atoms with van der Waals surface area (Å²) in [5.74, 6) is 0.754. The first kappa shape index (κ1) is 10.9. The summed E-state index contributed by atoms with van der Waals surface area (Å²) in [6.45, 7) is 2.01. The van der Waals surface area contributed by atoms with Gasteiger partial charge in [-0.1, -0.05) is 0 Å². The Balaban J connectivity index is 2.08. The van der Waals surface area contributed by atoms with E-state index >= 15 is 0 Å². The van der Waals surface area contributed by atoms with Gasteiger partial charge in [0.1, 0.15) is 10.7 Å². The molecule has 0 aliphatic rings. The standard InChI is InChI=1S/C12H11N5S/c1-8-2-3-14-10(6-8)17-7-9(13)11(16-17)12-15-4-5-18-12/h2-7H,13H2,1H3. The number of hydrogen-bond donors (Lipinski definition) is 1. The molecule has 3 aromatic heterocycles. The molecule has 3 aromatic rings. The molecule has 0 aliphatic carbocycles. The Kier molecular flexibility index (Phi) is 2.56. The maximum absolute atomic E-state index is 5.96. The molecule has 3 rings (SSSR count). The van der Waals surface area contributed by atoms with Gasteiger partial charge in [0, 0.05) is 17.8 Å². The highest BCUT2D eigenvalue weighted by atomic mass is 32.1. The summed E-state index contributed by atoms with van der Waals surface area (Å²) < 4.78 is 1.68. The van der Waals surface area contributed by atoms with Crippen LogP contribution in [0.1, 0.15) is 5.56 Å². The van der Waals surface area contributed by atoms with Crippen LogP contribution < -0.4 is 5.73 Å². The van der Waals surface area contributed by atoms with Crippen molar-refractivity contribution in [3.63, 3.8) is 0 Å². The van der Waals surface area contributed by atoms with E-state index < -0.39 is 0 Å². The second-order valence-corrected chi connectivity index (χ2v) is 4.80. The predicted molar refractivity (Wildman–Crippen MR) is 71.6 cm³/mol. The van der Waals surface area contributed by atoms with E-state index in [1.54, 1.807) is 23.3 Å². The van der Waals surface area contributed by atoms with E-state index in [0.29, 0.717) is 11.4 Å². The lowest BCUT2D eigenvalue weighted by atomic mass is 10.3. The van der Waals surface area contributed by atoms with Crippen molar-refractivity contribution in [2.24, 2.45) is 0 Å². The molecule has 90 valence electrons. The Labute approximate surface area is 108 Å². The molecule has 2 N–H and O–H groups in total. The maximum atomic E-state index is 5.96. The van der Waals surface area contributed by atoms with Crippen LogP contribution in [0.15, 0.2) is 36.1 Å². The predicted octanol–water partition coefficient (Wildman–Crippen LogP) is 2.28. The number of anilines is 1. The Morgan fingerprint density at radius 1 is 1.28 bits per heavy atom. The van der Waals surface area contributed by atoms with E-state index in [4.69, 9.17) is 5.73 Å². The molecule has 0 aliphatic heterocycles. The van der Waals surface area contributed by atoms with Crippen molar-refractivity contribution in [1.29, 1.82) is 0 Å². The molecule has 0 amide bonds. The zero-order valence-corrected chi connectivity index (χ0v) is 10.6. The van der Waals surface area contributed by atoms with E-state index in [-0.39, 0.29) is 0 Å². The van der Waals surface area contributed by atoms with E-state index in [0.717, 1.165) is 16.4 Å². The number of nitrogens with two attached hydrogens (primary N) is 1. The van der Waals surface area contributed by atoms with Crippen molar-refractivity contribution in [3.8, 4) is 16.5 Å². The minimum atomic E-state index is 0.605. The van der Waals surface area contributed by atoms with Crippen molar-refractivity contribution >= 4 is 17.0 Å². The van der Waals surface area contributed by atoms with Gasteiger partial charge < -0.3 is 5.73 Å². The molecule has 0 spiro atoms. The summed E-state index contributed by atoms with van der Waals surface area (Å²) in [7, 11) is 0. The van der Waals surface area contributed by atoms with Gasteiger partial charge in [0.05, 0.1) is 11.9 Å². The molecule has 0 atom stereocenters. The number of nitrogens with zero attached hydrogens (tertiary/aromatic N) is 4. The van der Waals surface area contributed by atoms with Crippen LogP contribution in [0, 0.1) is 6.92 Å². The summed E-state index contributed by atoms with van der Waals surface area (Å²) in [5, 5.41) is 7.16. The molecule has 6 heteroatoms. The van der Waals surface area contributed by atoms with Gasteiger partial charge >= 0.3 is 0 Å². The molecule has 0 bridgehead atoms. The second kappa shape index (κ2) is 4.23. The number of hydrogen-bond acceptors (Lipinski definition) is 5. The van der Waals surface area contributed by atoms with Gasteiger partial charge in [-0.05, 0) is 24.6 Å². The largest absolute Gasteiger partial charge is 0.396 e. The Bertz CT molecular complexity index is 672. The highest BCUT2D eigenvalue weighted by Gasteiger charge is 2.12. The van der Waals surface area contributed by atoms with Crippen molar-refractivity contribution in [2.45, 2.75) is 6.92 Å². The average molecular weight is 257 g/mol. The molecular formula is C12H11N5S. The zero-order chi connectivity index (χ0) is 12.5.